The van der Waals surface area contributed by atoms with Crippen molar-refractivity contribution in [3.05, 3.63) is 35.9 Å². The molecule has 2 saturated heterocycles. The fourth-order valence-electron chi connectivity index (χ4n) is 5.01. The molecule has 1 aromatic rings. The lowest BCUT2D eigenvalue weighted by Crippen LogP contribution is -2.40. The Morgan fingerprint density at radius 2 is 1.39 bits per heavy atom. The molecule has 0 spiro atoms. The average Bonchev–Trinajstić information content (AvgIpc) is 2.90. The van der Waals surface area contributed by atoms with Gasteiger partial charge in [-0.3, -0.25) is 0 Å². The van der Waals surface area contributed by atoms with E-state index in [-0.39, 0.29) is 29.2 Å². The Kier molecular flexibility index (Phi) is 15.4. The van der Waals surface area contributed by atoms with Crippen molar-refractivity contribution in [2.24, 2.45) is 5.92 Å². The van der Waals surface area contributed by atoms with E-state index in [2.05, 4.69) is 59.6 Å². The molecule has 1 aromatic carbocycles. The highest BCUT2D eigenvalue weighted by Crippen LogP contribution is 2.29. The van der Waals surface area contributed by atoms with Crippen LogP contribution in [0.1, 0.15) is 96.3 Å². The van der Waals surface area contributed by atoms with Crippen molar-refractivity contribution in [3.63, 3.8) is 0 Å². The van der Waals surface area contributed by atoms with E-state index in [4.69, 9.17) is 14.2 Å². The van der Waals surface area contributed by atoms with Crippen molar-refractivity contribution in [2.75, 3.05) is 0 Å². The monoisotopic (exact) mass is 662 g/mol. The van der Waals surface area contributed by atoms with E-state index in [9.17, 15) is 15.0 Å². The van der Waals surface area contributed by atoms with E-state index in [1.54, 1.807) is 24.3 Å². The summed E-state index contributed by atoms with van der Waals surface area (Å²) in [6.07, 6.45) is 5.83. The molecule has 0 aliphatic carbocycles. The van der Waals surface area contributed by atoms with E-state index >= 15 is 0 Å². The summed E-state index contributed by atoms with van der Waals surface area (Å²) < 4.78 is 17.6. The second-order valence-electron chi connectivity index (χ2n) is 10.9. The fourth-order valence-corrected chi connectivity index (χ4v) is 5.78. The maximum absolute atomic E-state index is 12.2. The standard InChI is InChI=1S/C18H25BrO4.C12H23BrO2/c1-3-14(19)16-10-9-15(20)17(11-12(2)22-16)23-18(21)13-7-5-4-6-8-13;1-4-10(13)12-6-5-8(2)11(14)7-9(3)15-12/h4-8,12,14-17,20H,3,9-11H2,1-2H3;8-12,14H,4-7H2,1-3H3/t12-,14+,15-,16+,17-;8-,9-,10+,11-,12+/m11/s1. The van der Waals surface area contributed by atoms with Gasteiger partial charge in [0, 0.05) is 16.1 Å². The molecule has 6 nitrogen and oxygen atoms in total. The predicted octanol–water partition coefficient (Wildman–Crippen LogP) is 6.82. The molecule has 3 rings (SSSR count). The first kappa shape index (κ1) is 33.7. The van der Waals surface area contributed by atoms with Gasteiger partial charge in [-0.2, -0.15) is 0 Å². The molecule has 38 heavy (non-hydrogen) atoms. The Balaban J connectivity index is 0.000000293. The van der Waals surface area contributed by atoms with Crippen LogP contribution in [0.3, 0.4) is 0 Å². The minimum atomic E-state index is -0.659. The van der Waals surface area contributed by atoms with Crippen LogP contribution in [0, 0.1) is 5.92 Å². The lowest BCUT2D eigenvalue weighted by Gasteiger charge is -2.34. The summed E-state index contributed by atoms with van der Waals surface area (Å²) in [5.74, 6) is 0.00121. The van der Waals surface area contributed by atoms with Crippen molar-refractivity contribution < 1.29 is 29.2 Å². The molecule has 8 heteroatoms. The van der Waals surface area contributed by atoms with E-state index in [0.717, 1.165) is 38.5 Å². The number of carbonyl (C=O) groups is 1. The van der Waals surface area contributed by atoms with Crippen LogP contribution < -0.4 is 0 Å². The summed E-state index contributed by atoms with van der Waals surface area (Å²) >= 11 is 7.31. The summed E-state index contributed by atoms with van der Waals surface area (Å²) in [5.41, 5.74) is 0.500. The molecule has 2 heterocycles. The van der Waals surface area contributed by atoms with Crippen LogP contribution in [0.5, 0.6) is 0 Å². The first-order valence-electron chi connectivity index (χ1n) is 14.3. The molecular weight excluding hydrogens is 616 g/mol. The van der Waals surface area contributed by atoms with E-state index in [1.807, 2.05) is 13.0 Å². The average molecular weight is 665 g/mol. The number of aliphatic hydroxyl groups excluding tert-OH is 2. The van der Waals surface area contributed by atoms with E-state index in [1.165, 1.54) is 0 Å². The molecule has 2 aliphatic heterocycles. The predicted molar refractivity (Wildman–Crippen MR) is 159 cm³/mol. The maximum Gasteiger partial charge on any atom is 0.338 e. The van der Waals surface area contributed by atoms with Gasteiger partial charge in [0.15, 0.2) is 0 Å². The first-order chi connectivity index (χ1) is 18.0. The zero-order valence-corrected chi connectivity index (χ0v) is 26.8. The highest BCUT2D eigenvalue weighted by atomic mass is 79.9. The van der Waals surface area contributed by atoms with Gasteiger partial charge in [-0.05, 0) is 76.8 Å². The molecule has 0 bridgehead atoms. The largest absolute Gasteiger partial charge is 0.456 e. The molecule has 0 saturated carbocycles. The van der Waals surface area contributed by atoms with Gasteiger partial charge in [0.1, 0.15) is 6.10 Å². The normalized spacial score (nSPS) is 34.2. The summed E-state index contributed by atoms with van der Waals surface area (Å²) in [6.45, 7) is 10.4. The number of halogens is 2. The molecule has 2 aliphatic rings. The molecule has 0 aromatic heterocycles. The molecule has 0 radical (unpaired) electrons. The van der Waals surface area contributed by atoms with Crippen molar-refractivity contribution in [3.8, 4) is 0 Å². The Morgan fingerprint density at radius 3 is 1.95 bits per heavy atom. The number of esters is 1. The summed E-state index contributed by atoms with van der Waals surface area (Å²) in [4.78, 5) is 12.9. The number of hydrogen-bond acceptors (Lipinski definition) is 6. The number of benzene rings is 1. The summed E-state index contributed by atoms with van der Waals surface area (Å²) in [5, 5.41) is 20.3. The molecule has 2 fully saturated rings. The van der Waals surface area contributed by atoms with Crippen LogP contribution in [-0.2, 0) is 14.2 Å². The van der Waals surface area contributed by atoms with Crippen LogP contribution in [0.4, 0.5) is 0 Å². The third-order valence-corrected chi connectivity index (χ3v) is 10.0. The smallest absolute Gasteiger partial charge is 0.338 e. The SMILES string of the molecule is CC[C@H](Br)[C@@H]1CC[C@@H](C)[C@H](O)C[C@@H](C)O1.CC[C@H](Br)[C@@H]1CC[C@@H](O)[C@H](OC(=O)c2ccccc2)C[C@@H](C)O1. The number of ether oxygens (including phenoxy) is 3. The molecule has 0 amide bonds. The van der Waals surface area contributed by atoms with Crippen LogP contribution in [0.25, 0.3) is 0 Å². The zero-order chi connectivity index (χ0) is 28.2. The Hall–Kier alpha value is -0.510. The van der Waals surface area contributed by atoms with Crippen molar-refractivity contribution >= 4 is 37.8 Å². The lowest BCUT2D eigenvalue weighted by atomic mass is 9.91. The minimum Gasteiger partial charge on any atom is -0.456 e. The number of rotatable bonds is 6. The minimum absolute atomic E-state index is 0.0740. The summed E-state index contributed by atoms with van der Waals surface area (Å²) in [7, 11) is 0. The summed E-state index contributed by atoms with van der Waals surface area (Å²) in [6, 6.07) is 8.86. The highest BCUT2D eigenvalue weighted by Gasteiger charge is 2.32. The lowest BCUT2D eigenvalue weighted by molar-refractivity contribution is -0.0902. The van der Waals surface area contributed by atoms with Crippen molar-refractivity contribution in [2.45, 2.75) is 138 Å². The molecular formula is C30H48Br2O6. The first-order valence-corrected chi connectivity index (χ1v) is 16.1. The van der Waals surface area contributed by atoms with Crippen molar-refractivity contribution in [1.82, 2.24) is 0 Å². The van der Waals surface area contributed by atoms with Gasteiger partial charge >= 0.3 is 5.97 Å². The number of hydrogen-bond donors (Lipinski definition) is 2. The number of carbonyl (C=O) groups excluding carboxylic acids is 1. The molecule has 218 valence electrons. The molecule has 2 N–H and O–H groups in total. The molecule has 10 atom stereocenters. The van der Waals surface area contributed by atoms with Crippen LogP contribution in [0.15, 0.2) is 30.3 Å². The van der Waals surface area contributed by atoms with Gasteiger partial charge in [0.05, 0.1) is 42.2 Å². The second kappa shape index (κ2) is 17.3. The third-order valence-electron chi connectivity index (χ3n) is 7.55. The maximum atomic E-state index is 12.2. The van der Waals surface area contributed by atoms with Gasteiger partial charge < -0.3 is 24.4 Å². The van der Waals surface area contributed by atoms with Gasteiger partial charge in [0.25, 0.3) is 0 Å². The third kappa shape index (κ3) is 11.2. The van der Waals surface area contributed by atoms with Gasteiger partial charge in [-0.25, -0.2) is 4.79 Å². The van der Waals surface area contributed by atoms with E-state index in [0.29, 0.717) is 35.3 Å². The quantitative estimate of drug-likeness (QED) is 0.257. The fraction of sp³-hybridized carbons (Fsp3) is 0.767. The van der Waals surface area contributed by atoms with E-state index < -0.39 is 18.2 Å². The Labute approximate surface area is 246 Å². The van der Waals surface area contributed by atoms with Crippen LogP contribution in [0.2, 0.25) is 0 Å². The van der Waals surface area contributed by atoms with Gasteiger partial charge in [-0.15, -0.1) is 0 Å². The van der Waals surface area contributed by atoms with Crippen LogP contribution >= 0.6 is 31.9 Å². The zero-order valence-electron chi connectivity index (χ0n) is 23.6. The topological polar surface area (TPSA) is 85.2 Å². The van der Waals surface area contributed by atoms with Crippen molar-refractivity contribution in [1.29, 1.82) is 0 Å². The van der Waals surface area contributed by atoms with Gasteiger partial charge in [0.2, 0.25) is 0 Å². The van der Waals surface area contributed by atoms with Crippen LogP contribution in [-0.4, -0.2) is 68.6 Å². The Bertz CT molecular complexity index is 796. The Morgan fingerprint density at radius 1 is 0.868 bits per heavy atom. The van der Waals surface area contributed by atoms with Gasteiger partial charge in [-0.1, -0.05) is 70.8 Å². The number of alkyl halides is 2. The highest BCUT2D eigenvalue weighted by molar-refractivity contribution is 9.09. The molecule has 0 unspecified atom stereocenters. The second-order valence-corrected chi connectivity index (χ2v) is 13.2. The number of aliphatic hydroxyl groups is 2.